The molecule has 0 N–H and O–H groups in total. The normalized spacial score (nSPS) is 15.3. The quantitative estimate of drug-likeness (QED) is 0.585. The first-order chi connectivity index (χ1) is 9.83. The standard InChI is InChI=1S/C14H9ClF4N2/c15-12-6-11(7-1-2-7)20-13(21-12)8-3-9(14(17,18)19)5-10(16)4-8/h3-7H,1-2H2. The van der Waals surface area contributed by atoms with Crippen molar-refractivity contribution in [3.63, 3.8) is 0 Å². The lowest BCUT2D eigenvalue weighted by molar-refractivity contribution is -0.137. The summed E-state index contributed by atoms with van der Waals surface area (Å²) in [5.74, 6) is -0.717. The number of nitrogens with zero attached hydrogens (tertiary/aromatic N) is 2. The number of aromatic nitrogens is 2. The number of halogens is 5. The van der Waals surface area contributed by atoms with Gasteiger partial charge < -0.3 is 0 Å². The molecule has 110 valence electrons. The highest BCUT2D eigenvalue weighted by Gasteiger charge is 2.32. The van der Waals surface area contributed by atoms with Gasteiger partial charge in [0.25, 0.3) is 0 Å². The van der Waals surface area contributed by atoms with Crippen LogP contribution in [0.1, 0.15) is 30.0 Å². The zero-order valence-electron chi connectivity index (χ0n) is 10.6. The lowest BCUT2D eigenvalue weighted by atomic mass is 10.1. The molecule has 0 saturated heterocycles. The molecule has 2 nitrogen and oxygen atoms in total. The molecule has 1 aliphatic carbocycles. The van der Waals surface area contributed by atoms with E-state index in [4.69, 9.17) is 11.6 Å². The van der Waals surface area contributed by atoms with Gasteiger partial charge >= 0.3 is 6.18 Å². The van der Waals surface area contributed by atoms with Crippen molar-refractivity contribution < 1.29 is 17.6 Å². The van der Waals surface area contributed by atoms with Crippen LogP contribution in [0.4, 0.5) is 17.6 Å². The molecule has 2 aromatic rings. The summed E-state index contributed by atoms with van der Waals surface area (Å²) in [6, 6.07) is 3.82. The Bertz CT molecular complexity index is 696. The molecule has 0 radical (unpaired) electrons. The van der Waals surface area contributed by atoms with Crippen LogP contribution in [0, 0.1) is 5.82 Å². The van der Waals surface area contributed by atoms with Crippen molar-refractivity contribution >= 4 is 11.6 Å². The van der Waals surface area contributed by atoms with Gasteiger partial charge in [-0.05, 0) is 37.1 Å². The van der Waals surface area contributed by atoms with Gasteiger partial charge in [0.15, 0.2) is 5.82 Å². The molecule has 3 rings (SSSR count). The Balaban J connectivity index is 2.09. The molecule has 1 aliphatic rings. The molecule has 0 atom stereocenters. The second-order valence-electron chi connectivity index (χ2n) is 4.94. The first-order valence-electron chi connectivity index (χ1n) is 6.25. The van der Waals surface area contributed by atoms with Crippen molar-refractivity contribution in [1.29, 1.82) is 0 Å². The predicted molar refractivity (Wildman–Crippen MR) is 69.4 cm³/mol. The first kappa shape index (κ1) is 14.3. The molecular weight excluding hydrogens is 308 g/mol. The highest BCUT2D eigenvalue weighted by atomic mass is 35.5. The number of benzene rings is 1. The van der Waals surface area contributed by atoms with Gasteiger partial charge in [-0.3, -0.25) is 0 Å². The molecule has 0 unspecified atom stereocenters. The zero-order valence-corrected chi connectivity index (χ0v) is 11.3. The molecule has 0 spiro atoms. The maximum Gasteiger partial charge on any atom is 0.416 e. The Kier molecular flexibility index (Phi) is 3.36. The van der Waals surface area contributed by atoms with E-state index in [0.29, 0.717) is 11.8 Å². The van der Waals surface area contributed by atoms with Crippen LogP contribution >= 0.6 is 11.6 Å². The third kappa shape index (κ3) is 3.15. The van der Waals surface area contributed by atoms with Gasteiger partial charge in [0, 0.05) is 17.2 Å². The summed E-state index contributed by atoms with van der Waals surface area (Å²) in [4.78, 5) is 8.10. The number of hydrogen-bond acceptors (Lipinski definition) is 2. The molecule has 1 aromatic carbocycles. The second-order valence-corrected chi connectivity index (χ2v) is 5.33. The largest absolute Gasteiger partial charge is 0.416 e. The lowest BCUT2D eigenvalue weighted by Gasteiger charge is -2.10. The summed E-state index contributed by atoms with van der Waals surface area (Å²) in [6.07, 6.45) is -2.71. The van der Waals surface area contributed by atoms with Crippen molar-refractivity contribution in [2.75, 3.05) is 0 Å². The number of rotatable bonds is 2. The highest BCUT2D eigenvalue weighted by molar-refractivity contribution is 6.29. The predicted octanol–water partition coefficient (Wildman–Crippen LogP) is 4.83. The minimum atomic E-state index is -4.63. The monoisotopic (exact) mass is 316 g/mol. The van der Waals surface area contributed by atoms with E-state index in [1.807, 2.05) is 0 Å². The fourth-order valence-corrected chi connectivity index (χ4v) is 2.23. The Morgan fingerprint density at radius 3 is 2.38 bits per heavy atom. The molecule has 0 bridgehead atoms. The van der Waals surface area contributed by atoms with Crippen LogP contribution in [0.2, 0.25) is 5.15 Å². The molecule has 21 heavy (non-hydrogen) atoms. The summed E-state index contributed by atoms with van der Waals surface area (Å²) in [7, 11) is 0. The molecule has 1 heterocycles. The number of hydrogen-bond donors (Lipinski definition) is 0. The van der Waals surface area contributed by atoms with Gasteiger partial charge in [-0.1, -0.05) is 11.6 Å². The average Bonchev–Trinajstić information content (AvgIpc) is 3.20. The van der Waals surface area contributed by atoms with Crippen molar-refractivity contribution in [3.05, 3.63) is 46.5 Å². The molecule has 7 heteroatoms. The summed E-state index contributed by atoms with van der Waals surface area (Å²) in [5.41, 5.74) is -0.427. The smallest absolute Gasteiger partial charge is 0.233 e. The first-order valence-corrected chi connectivity index (χ1v) is 6.63. The van der Waals surface area contributed by atoms with E-state index in [1.54, 1.807) is 6.07 Å². The molecule has 0 aliphatic heterocycles. The summed E-state index contributed by atoms with van der Waals surface area (Å²) >= 11 is 5.87. The van der Waals surface area contributed by atoms with Crippen molar-refractivity contribution in [2.24, 2.45) is 0 Å². The molecule has 1 aromatic heterocycles. The molecule has 1 saturated carbocycles. The van der Waals surface area contributed by atoms with Crippen LogP contribution in [0.3, 0.4) is 0 Å². The summed E-state index contributed by atoms with van der Waals surface area (Å²) in [5, 5.41) is 0.139. The van der Waals surface area contributed by atoms with E-state index in [9.17, 15) is 17.6 Å². The minimum absolute atomic E-state index is 0.00870. The van der Waals surface area contributed by atoms with Gasteiger partial charge in [0.05, 0.1) is 5.56 Å². The van der Waals surface area contributed by atoms with Crippen LogP contribution in [-0.4, -0.2) is 9.97 Å². The Morgan fingerprint density at radius 1 is 1.05 bits per heavy atom. The number of alkyl halides is 3. The van der Waals surface area contributed by atoms with Crippen LogP contribution in [0.5, 0.6) is 0 Å². The van der Waals surface area contributed by atoms with Crippen molar-refractivity contribution in [1.82, 2.24) is 9.97 Å². The van der Waals surface area contributed by atoms with Gasteiger partial charge in [0.2, 0.25) is 0 Å². The second kappa shape index (κ2) is 4.94. The van der Waals surface area contributed by atoms with Crippen molar-refractivity contribution in [2.45, 2.75) is 24.9 Å². The highest BCUT2D eigenvalue weighted by Crippen LogP contribution is 2.40. The third-order valence-electron chi connectivity index (χ3n) is 3.19. The van der Waals surface area contributed by atoms with Crippen LogP contribution < -0.4 is 0 Å². The van der Waals surface area contributed by atoms with Crippen LogP contribution in [-0.2, 0) is 6.18 Å². The fourth-order valence-electron chi connectivity index (χ4n) is 2.03. The van der Waals surface area contributed by atoms with Crippen LogP contribution in [0.15, 0.2) is 24.3 Å². The fraction of sp³-hybridized carbons (Fsp3) is 0.286. The van der Waals surface area contributed by atoms with E-state index in [0.717, 1.165) is 25.0 Å². The van der Waals surface area contributed by atoms with Crippen LogP contribution in [0.25, 0.3) is 11.4 Å². The maximum absolute atomic E-state index is 13.4. The summed E-state index contributed by atoms with van der Waals surface area (Å²) in [6.45, 7) is 0. The Morgan fingerprint density at radius 2 is 1.76 bits per heavy atom. The van der Waals surface area contributed by atoms with Crippen molar-refractivity contribution in [3.8, 4) is 11.4 Å². The molecule has 1 fully saturated rings. The average molecular weight is 317 g/mol. The van der Waals surface area contributed by atoms with Gasteiger partial charge in [-0.2, -0.15) is 13.2 Å². The van der Waals surface area contributed by atoms with E-state index in [1.165, 1.54) is 0 Å². The van der Waals surface area contributed by atoms with E-state index >= 15 is 0 Å². The van der Waals surface area contributed by atoms with E-state index in [-0.39, 0.29) is 22.5 Å². The topological polar surface area (TPSA) is 25.8 Å². The van der Waals surface area contributed by atoms with Gasteiger partial charge in [0.1, 0.15) is 11.0 Å². The van der Waals surface area contributed by atoms with Gasteiger partial charge in [-0.25, -0.2) is 14.4 Å². The Hall–Kier alpha value is -1.69. The maximum atomic E-state index is 13.4. The Labute approximate surface area is 122 Å². The molecular formula is C14H9ClF4N2. The van der Waals surface area contributed by atoms with E-state index in [2.05, 4.69) is 9.97 Å². The third-order valence-corrected chi connectivity index (χ3v) is 3.39. The van der Waals surface area contributed by atoms with E-state index < -0.39 is 17.6 Å². The molecule has 0 amide bonds. The lowest BCUT2D eigenvalue weighted by Crippen LogP contribution is -2.06. The SMILES string of the molecule is Fc1cc(-c2nc(Cl)cc(C3CC3)n2)cc(C(F)(F)F)c1. The minimum Gasteiger partial charge on any atom is -0.233 e. The zero-order chi connectivity index (χ0) is 15.2. The van der Waals surface area contributed by atoms with Gasteiger partial charge in [-0.15, -0.1) is 0 Å². The summed E-state index contributed by atoms with van der Waals surface area (Å²) < 4.78 is 51.6.